The Morgan fingerprint density at radius 3 is 2.81 bits per heavy atom. The maximum atomic E-state index is 10.9. The van der Waals surface area contributed by atoms with Crippen molar-refractivity contribution in [3.63, 3.8) is 0 Å². The summed E-state index contributed by atoms with van der Waals surface area (Å²) in [5.41, 5.74) is 0.364. The quantitative estimate of drug-likeness (QED) is 0.490. The van der Waals surface area contributed by atoms with E-state index >= 15 is 0 Å². The Bertz CT molecular complexity index is 315. The van der Waals surface area contributed by atoms with Crippen LogP contribution in [-0.2, 0) is 0 Å². The minimum absolute atomic E-state index is 0.148. The van der Waals surface area contributed by atoms with E-state index in [-0.39, 0.29) is 5.92 Å². The molecule has 90 valence electrons. The highest BCUT2D eigenvalue weighted by Gasteiger charge is 2.54. The van der Waals surface area contributed by atoms with Gasteiger partial charge in [-0.05, 0) is 38.0 Å². The van der Waals surface area contributed by atoms with Gasteiger partial charge in [0.1, 0.15) is 0 Å². The third-order valence-electron chi connectivity index (χ3n) is 5.20. The fourth-order valence-corrected chi connectivity index (χ4v) is 4.42. The van der Waals surface area contributed by atoms with Crippen molar-refractivity contribution in [2.24, 2.45) is 22.9 Å². The summed E-state index contributed by atoms with van der Waals surface area (Å²) in [6.45, 7) is 0. The Morgan fingerprint density at radius 2 is 2.00 bits per heavy atom. The molecule has 0 aromatic carbocycles. The number of nitrogens with zero attached hydrogens (tertiary/aromatic N) is 1. The van der Waals surface area contributed by atoms with Crippen molar-refractivity contribution in [1.82, 2.24) is 0 Å². The predicted octanol–water partition coefficient (Wildman–Crippen LogP) is 2.56. The molecule has 3 heteroatoms. The van der Waals surface area contributed by atoms with Crippen LogP contribution in [0, 0.1) is 17.8 Å². The van der Waals surface area contributed by atoms with E-state index in [0.717, 1.165) is 37.8 Å². The summed E-state index contributed by atoms with van der Waals surface area (Å²) in [6.07, 6.45) is 8.88. The average molecular weight is 223 g/mol. The zero-order chi connectivity index (χ0) is 11.2. The minimum Gasteiger partial charge on any atom is -0.411 e. The Kier molecular flexibility index (Phi) is 2.46. The van der Waals surface area contributed by atoms with Crippen molar-refractivity contribution < 1.29 is 10.3 Å². The molecule has 0 radical (unpaired) electrons. The van der Waals surface area contributed by atoms with E-state index in [9.17, 15) is 10.3 Å². The van der Waals surface area contributed by atoms with Gasteiger partial charge in [-0.3, -0.25) is 0 Å². The van der Waals surface area contributed by atoms with E-state index in [1.54, 1.807) is 0 Å². The Balaban J connectivity index is 1.96. The fraction of sp³-hybridized carbons (Fsp3) is 0.923. The van der Waals surface area contributed by atoms with E-state index in [1.807, 2.05) is 0 Å². The highest BCUT2D eigenvalue weighted by atomic mass is 16.4. The number of aliphatic hydroxyl groups is 1. The van der Waals surface area contributed by atoms with E-state index in [1.165, 1.54) is 19.3 Å². The summed E-state index contributed by atoms with van der Waals surface area (Å²) >= 11 is 0. The first kappa shape index (κ1) is 10.6. The zero-order valence-electron chi connectivity index (χ0n) is 9.73. The monoisotopic (exact) mass is 223 g/mol. The molecule has 0 saturated heterocycles. The maximum absolute atomic E-state index is 10.9. The molecule has 2 bridgehead atoms. The van der Waals surface area contributed by atoms with Crippen LogP contribution in [0.25, 0.3) is 0 Å². The van der Waals surface area contributed by atoms with Gasteiger partial charge in [-0.2, -0.15) is 0 Å². The largest absolute Gasteiger partial charge is 0.411 e. The van der Waals surface area contributed by atoms with Crippen molar-refractivity contribution in [3.05, 3.63) is 0 Å². The van der Waals surface area contributed by atoms with Crippen LogP contribution in [0.3, 0.4) is 0 Å². The first-order chi connectivity index (χ1) is 7.75. The second-order valence-electron chi connectivity index (χ2n) is 5.87. The highest BCUT2D eigenvalue weighted by Crippen LogP contribution is 2.52. The van der Waals surface area contributed by atoms with Crippen LogP contribution >= 0.6 is 0 Å². The lowest BCUT2D eigenvalue weighted by Crippen LogP contribution is -2.57. The molecule has 2 N–H and O–H groups in total. The number of hydrogen-bond acceptors (Lipinski definition) is 3. The first-order valence-corrected chi connectivity index (χ1v) is 6.70. The Labute approximate surface area is 96.5 Å². The number of fused-ring (bicyclic) bond motifs is 4. The Hall–Kier alpha value is -0.570. The number of rotatable bonds is 0. The van der Waals surface area contributed by atoms with Crippen molar-refractivity contribution in [2.75, 3.05) is 0 Å². The molecule has 0 aromatic heterocycles. The van der Waals surface area contributed by atoms with Crippen LogP contribution in [0.2, 0.25) is 0 Å². The second kappa shape index (κ2) is 3.73. The molecule has 0 spiro atoms. The van der Waals surface area contributed by atoms with Crippen LogP contribution in [0.15, 0.2) is 5.16 Å². The second-order valence-corrected chi connectivity index (χ2v) is 5.87. The zero-order valence-corrected chi connectivity index (χ0v) is 9.73. The van der Waals surface area contributed by atoms with Gasteiger partial charge in [-0.25, -0.2) is 0 Å². The van der Waals surface area contributed by atoms with Crippen molar-refractivity contribution >= 4 is 5.71 Å². The molecule has 3 aliphatic carbocycles. The SMILES string of the molecule is ON=C1[C@@H]2CCC[C@H]1[C@@]1(O)CCCC[C@@H]1C2. The molecule has 4 atom stereocenters. The Morgan fingerprint density at radius 1 is 1.12 bits per heavy atom. The molecule has 0 heterocycles. The molecule has 3 rings (SSSR count). The summed E-state index contributed by atoms with van der Waals surface area (Å²) in [7, 11) is 0. The molecule has 3 saturated carbocycles. The van der Waals surface area contributed by atoms with Crippen LogP contribution in [0.1, 0.15) is 51.4 Å². The third-order valence-corrected chi connectivity index (χ3v) is 5.20. The summed E-state index contributed by atoms with van der Waals surface area (Å²) < 4.78 is 0. The van der Waals surface area contributed by atoms with E-state index in [4.69, 9.17) is 0 Å². The smallest absolute Gasteiger partial charge is 0.0757 e. The molecule has 3 nitrogen and oxygen atoms in total. The molecular formula is C13H21NO2. The van der Waals surface area contributed by atoms with Gasteiger partial charge in [0.05, 0.1) is 11.3 Å². The molecule has 0 aliphatic heterocycles. The average Bonchev–Trinajstić information content (AvgIpc) is 2.30. The lowest BCUT2D eigenvalue weighted by molar-refractivity contribution is -0.102. The standard InChI is InChI=1S/C13H21NO2/c15-13-7-2-1-5-10(13)8-9-4-3-6-11(13)12(9)14-16/h9-11,15-16H,1-8H2/t9-,10-,11-,13-/m1/s1. The van der Waals surface area contributed by atoms with Crippen LogP contribution < -0.4 is 0 Å². The first-order valence-electron chi connectivity index (χ1n) is 6.70. The summed E-state index contributed by atoms with van der Waals surface area (Å²) in [4.78, 5) is 0. The third kappa shape index (κ3) is 1.33. The van der Waals surface area contributed by atoms with Crippen LogP contribution in [-0.4, -0.2) is 21.6 Å². The summed E-state index contributed by atoms with van der Waals surface area (Å²) in [5.74, 6) is 1.06. The topological polar surface area (TPSA) is 52.8 Å². The fourth-order valence-electron chi connectivity index (χ4n) is 4.42. The van der Waals surface area contributed by atoms with Crippen molar-refractivity contribution in [1.29, 1.82) is 0 Å². The normalized spacial score (nSPS) is 50.1. The van der Waals surface area contributed by atoms with Gasteiger partial charge in [-0.15, -0.1) is 0 Å². The van der Waals surface area contributed by atoms with Gasteiger partial charge in [0.2, 0.25) is 0 Å². The summed E-state index contributed by atoms with van der Waals surface area (Å²) in [5, 5.41) is 23.6. The van der Waals surface area contributed by atoms with E-state index in [0.29, 0.717) is 11.8 Å². The molecule has 3 aliphatic rings. The number of hydrogen-bond donors (Lipinski definition) is 2. The summed E-state index contributed by atoms with van der Waals surface area (Å²) in [6, 6.07) is 0. The lowest BCUT2D eigenvalue weighted by Gasteiger charge is -2.53. The van der Waals surface area contributed by atoms with E-state index < -0.39 is 5.60 Å². The van der Waals surface area contributed by atoms with Gasteiger partial charge in [0.15, 0.2) is 0 Å². The maximum Gasteiger partial charge on any atom is 0.0757 e. The number of oxime groups is 1. The molecule has 16 heavy (non-hydrogen) atoms. The van der Waals surface area contributed by atoms with Gasteiger partial charge in [-0.1, -0.05) is 24.4 Å². The van der Waals surface area contributed by atoms with E-state index in [2.05, 4.69) is 5.16 Å². The molecule has 3 fully saturated rings. The minimum atomic E-state index is -0.545. The van der Waals surface area contributed by atoms with Crippen molar-refractivity contribution in [3.8, 4) is 0 Å². The van der Waals surface area contributed by atoms with Gasteiger partial charge >= 0.3 is 0 Å². The molecule has 0 aromatic rings. The van der Waals surface area contributed by atoms with Gasteiger partial charge in [0.25, 0.3) is 0 Å². The molecule has 0 amide bonds. The predicted molar refractivity (Wildman–Crippen MR) is 61.6 cm³/mol. The van der Waals surface area contributed by atoms with Gasteiger partial charge in [0, 0.05) is 11.8 Å². The lowest BCUT2D eigenvalue weighted by atomic mass is 9.54. The van der Waals surface area contributed by atoms with Crippen LogP contribution in [0.4, 0.5) is 0 Å². The van der Waals surface area contributed by atoms with Crippen molar-refractivity contribution in [2.45, 2.75) is 57.0 Å². The van der Waals surface area contributed by atoms with Crippen LogP contribution in [0.5, 0.6) is 0 Å². The molecule has 0 unspecified atom stereocenters. The molecular weight excluding hydrogens is 202 g/mol. The highest BCUT2D eigenvalue weighted by molar-refractivity contribution is 5.91. The van der Waals surface area contributed by atoms with Gasteiger partial charge < -0.3 is 10.3 Å².